The van der Waals surface area contributed by atoms with E-state index in [1.54, 1.807) is 0 Å². The van der Waals surface area contributed by atoms with E-state index < -0.39 is 57.3 Å². The third kappa shape index (κ3) is 6.10. The minimum atomic E-state index is -4.60. The standard InChI is InChI=1S/C14H13ClO10S/c1-8(16)24-11(17)6-14(21,13(19)20)7-12(18)25-26(22,23)10-4-2-9(15)3-5-10/h2-5,21H,6-7H2,1H3,(H,19,20). The predicted molar refractivity (Wildman–Crippen MR) is 83.3 cm³/mol. The molecule has 26 heavy (non-hydrogen) atoms. The van der Waals surface area contributed by atoms with Gasteiger partial charge in [0.2, 0.25) is 0 Å². The lowest BCUT2D eigenvalue weighted by molar-refractivity contribution is -0.173. The molecule has 1 aromatic carbocycles. The molecule has 0 aliphatic heterocycles. The van der Waals surface area contributed by atoms with Gasteiger partial charge in [0.1, 0.15) is 4.90 Å². The highest BCUT2D eigenvalue weighted by molar-refractivity contribution is 7.87. The number of hydrogen-bond donors (Lipinski definition) is 2. The first-order chi connectivity index (χ1) is 11.9. The fraction of sp³-hybridized carbons (Fsp3) is 0.286. The van der Waals surface area contributed by atoms with E-state index in [-0.39, 0.29) is 5.02 Å². The fourth-order valence-electron chi connectivity index (χ4n) is 1.69. The van der Waals surface area contributed by atoms with Crippen molar-refractivity contribution in [1.29, 1.82) is 0 Å². The van der Waals surface area contributed by atoms with E-state index in [2.05, 4.69) is 8.92 Å². The summed E-state index contributed by atoms with van der Waals surface area (Å²) in [5.74, 6) is -6.13. The van der Waals surface area contributed by atoms with Crippen molar-refractivity contribution in [3.8, 4) is 0 Å². The van der Waals surface area contributed by atoms with Crippen molar-refractivity contribution in [2.75, 3.05) is 0 Å². The molecule has 0 fully saturated rings. The number of halogens is 1. The van der Waals surface area contributed by atoms with Crippen LogP contribution >= 0.6 is 11.6 Å². The molecule has 2 N–H and O–H groups in total. The number of carboxylic acid groups (broad SMARTS) is 1. The highest BCUT2D eigenvalue weighted by Gasteiger charge is 2.43. The van der Waals surface area contributed by atoms with E-state index in [0.717, 1.165) is 19.1 Å². The minimum Gasteiger partial charge on any atom is -0.479 e. The lowest BCUT2D eigenvalue weighted by Crippen LogP contribution is -2.43. The van der Waals surface area contributed by atoms with Crippen LogP contribution in [0, 0.1) is 0 Å². The summed E-state index contributed by atoms with van der Waals surface area (Å²) in [4.78, 5) is 44.4. The Morgan fingerprint density at radius 2 is 1.58 bits per heavy atom. The number of esters is 2. The molecule has 10 nitrogen and oxygen atoms in total. The van der Waals surface area contributed by atoms with Crippen LogP contribution in [0.3, 0.4) is 0 Å². The van der Waals surface area contributed by atoms with Crippen LogP contribution in [-0.2, 0) is 38.2 Å². The Morgan fingerprint density at radius 1 is 1.08 bits per heavy atom. The number of ether oxygens (including phenoxy) is 1. The zero-order chi connectivity index (χ0) is 20.1. The van der Waals surface area contributed by atoms with Crippen LogP contribution in [0.15, 0.2) is 29.2 Å². The van der Waals surface area contributed by atoms with Gasteiger partial charge in [-0.1, -0.05) is 11.6 Å². The number of carbonyl (C=O) groups excluding carboxylic acids is 3. The zero-order valence-electron chi connectivity index (χ0n) is 13.2. The SMILES string of the molecule is CC(=O)OC(=O)CC(O)(CC(=O)OS(=O)(=O)c1ccc(Cl)cc1)C(=O)O. The van der Waals surface area contributed by atoms with Gasteiger partial charge in [-0.05, 0) is 24.3 Å². The van der Waals surface area contributed by atoms with Gasteiger partial charge < -0.3 is 19.1 Å². The second kappa shape index (κ2) is 8.25. The van der Waals surface area contributed by atoms with Crippen LogP contribution in [-0.4, -0.2) is 48.1 Å². The molecule has 0 spiro atoms. The minimum absolute atomic E-state index is 0.222. The molecule has 0 amide bonds. The molecular weight excluding hydrogens is 396 g/mol. The van der Waals surface area contributed by atoms with E-state index in [1.165, 1.54) is 12.1 Å². The number of hydrogen-bond acceptors (Lipinski definition) is 9. The monoisotopic (exact) mass is 408 g/mol. The highest BCUT2D eigenvalue weighted by atomic mass is 35.5. The van der Waals surface area contributed by atoms with Gasteiger partial charge in [0.25, 0.3) is 0 Å². The Bertz CT molecular complexity index is 830. The maximum atomic E-state index is 11.9. The average Bonchev–Trinajstić information content (AvgIpc) is 2.45. The van der Waals surface area contributed by atoms with Gasteiger partial charge in [0.05, 0.1) is 12.8 Å². The van der Waals surface area contributed by atoms with Gasteiger partial charge in [-0.15, -0.1) is 0 Å². The summed E-state index contributed by atoms with van der Waals surface area (Å²) in [6.45, 7) is 0.866. The Morgan fingerprint density at radius 3 is 2.04 bits per heavy atom. The van der Waals surface area contributed by atoms with Gasteiger partial charge in [-0.3, -0.25) is 14.4 Å². The molecule has 12 heteroatoms. The number of carbonyl (C=O) groups is 4. The number of aliphatic hydroxyl groups is 1. The maximum absolute atomic E-state index is 11.9. The second-order valence-corrected chi connectivity index (χ2v) is 7.00. The number of carboxylic acids is 1. The van der Waals surface area contributed by atoms with E-state index >= 15 is 0 Å². The van der Waals surface area contributed by atoms with Crippen LogP contribution in [0.4, 0.5) is 0 Å². The van der Waals surface area contributed by atoms with Crippen molar-refractivity contribution in [2.45, 2.75) is 30.3 Å². The number of rotatable bonds is 7. The average molecular weight is 409 g/mol. The van der Waals surface area contributed by atoms with Gasteiger partial charge in [-0.25, -0.2) is 4.79 Å². The maximum Gasteiger partial charge on any atom is 0.341 e. The Hall–Kier alpha value is -2.50. The smallest absolute Gasteiger partial charge is 0.341 e. The molecule has 0 bridgehead atoms. The number of benzene rings is 1. The summed E-state index contributed by atoms with van der Waals surface area (Å²) >= 11 is 5.61. The van der Waals surface area contributed by atoms with Gasteiger partial charge in [0.15, 0.2) is 5.60 Å². The van der Waals surface area contributed by atoms with Crippen LogP contribution in [0.1, 0.15) is 19.8 Å². The molecule has 0 aromatic heterocycles. The largest absolute Gasteiger partial charge is 0.479 e. The molecular formula is C14H13ClO10S. The molecule has 1 rings (SSSR count). The van der Waals surface area contributed by atoms with E-state index in [4.69, 9.17) is 16.7 Å². The third-order valence-corrected chi connectivity index (χ3v) is 4.34. The summed E-state index contributed by atoms with van der Waals surface area (Å²) in [6.07, 6.45) is -2.67. The van der Waals surface area contributed by atoms with Crippen molar-refractivity contribution in [2.24, 2.45) is 0 Å². The normalized spacial score (nSPS) is 13.3. The quantitative estimate of drug-likeness (QED) is 0.363. The molecule has 0 saturated heterocycles. The molecule has 1 atom stereocenters. The molecule has 0 aliphatic rings. The summed E-state index contributed by atoms with van der Waals surface area (Å²) in [6, 6.07) is 4.51. The first-order valence-electron chi connectivity index (χ1n) is 6.75. The van der Waals surface area contributed by atoms with Gasteiger partial charge in [-0.2, -0.15) is 8.42 Å². The molecule has 0 aliphatic carbocycles. The van der Waals surface area contributed by atoms with Crippen molar-refractivity contribution in [1.82, 2.24) is 0 Å². The van der Waals surface area contributed by atoms with Crippen LogP contribution in [0.5, 0.6) is 0 Å². The highest BCUT2D eigenvalue weighted by Crippen LogP contribution is 2.21. The molecule has 0 radical (unpaired) electrons. The summed E-state index contributed by atoms with van der Waals surface area (Å²) in [7, 11) is -4.60. The third-order valence-electron chi connectivity index (χ3n) is 2.83. The zero-order valence-corrected chi connectivity index (χ0v) is 14.7. The lowest BCUT2D eigenvalue weighted by Gasteiger charge is -2.20. The topological polar surface area (TPSA) is 161 Å². The Kier molecular flexibility index (Phi) is 6.84. The van der Waals surface area contributed by atoms with Crippen LogP contribution in [0.25, 0.3) is 0 Å². The van der Waals surface area contributed by atoms with Gasteiger partial charge in [0, 0.05) is 11.9 Å². The predicted octanol–water partition coefficient (Wildman–Crippen LogP) is 0.257. The second-order valence-electron chi connectivity index (χ2n) is 5.02. The van der Waals surface area contributed by atoms with Crippen molar-refractivity contribution >= 4 is 45.6 Å². The number of aliphatic carboxylic acids is 1. The first kappa shape index (κ1) is 21.5. The van der Waals surface area contributed by atoms with Gasteiger partial charge >= 0.3 is 34.0 Å². The lowest BCUT2D eigenvalue weighted by atomic mass is 9.96. The summed E-state index contributed by atoms with van der Waals surface area (Å²) < 4.78 is 32.1. The van der Waals surface area contributed by atoms with E-state index in [1.807, 2.05) is 0 Å². The summed E-state index contributed by atoms with van der Waals surface area (Å²) in [5.41, 5.74) is -3.03. The van der Waals surface area contributed by atoms with Crippen LogP contribution < -0.4 is 0 Å². The molecule has 1 aromatic rings. The first-order valence-corrected chi connectivity index (χ1v) is 8.54. The van der Waals surface area contributed by atoms with Crippen molar-refractivity contribution in [3.05, 3.63) is 29.3 Å². The fourth-order valence-corrected chi connectivity index (χ4v) is 2.68. The molecule has 0 saturated carbocycles. The summed E-state index contributed by atoms with van der Waals surface area (Å²) in [5, 5.41) is 19.1. The van der Waals surface area contributed by atoms with Crippen LogP contribution in [0.2, 0.25) is 5.02 Å². The Labute approximate surface area is 152 Å². The van der Waals surface area contributed by atoms with E-state index in [0.29, 0.717) is 0 Å². The van der Waals surface area contributed by atoms with E-state index in [9.17, 15) is 32.7 Å². The van der Waals surface area contributed by atoms with Crippen molar-refractivity contribution in [3.63, 3.8) is 0 Å². The Balaban J connectivity index is 2.90. The molecule has 142 valence electrons. The molecule has 0 heterocycles. The molecule has 1 unspecified atom stereocenters. The van der Waals surface area contributed by atoms with Crippen molar-refractivity contribution < 1.29 is 46.7 Å².